The Labute approximate surface area is 227 Å². The molecule has 0 unspecified atom stereocenters. The minimum atomic E-state index is -3.74. The van der Waals surface area contributed by atoms with Crippen molar-refractivity contribution in [3.63, 3.8) is 0 Å². The lowest BCUT2D eigenvalue weighted by atomic mass is 9.98. The molecule has 5 N–H and O–H groups in total. The maximum absolute atomic E-state index is 12.5. The van der Waals surface area contributed by atoms with Crippen molar-refractivity contribution in [2.45, 2.75) is 30.6 Å². The van der Waals surface area contributed by atoms with Gasteiger partial charge >= 0.3 is 12.1 Å². The van der Waals surface area contributed by atoms with Gasteiger partial charge in [0, 0.05) is 12.5 Å². The largest absolute Gasteiger partial charge is 0.480 e. The lowest BCUT2D eigenvalue weighted by Gasteiger charge is -2.17. The summed E-state index contributed by atoms with van der Waals surface area (Å²) in [5.74, 6) is -1.91. The van der Waals surface area contributed by atoms with Gasteiger partial charge in [-0.05, 0) is 40.7 Å². The van der Waals surface area contributed by atoms with E-state index in [0.29, 0.717) is 5.56 Å². The molecule has 3 aromatic rings. The monoisotopic (exact) mass is 550 g/mol. The number of guanidine groups is 1. The molecule has 10 nitrogen and oxygen atoms in total. The second-order valence-electron chi connectivity index (χ2n) is 9.12. The van der Waals surface area contributed by atoms with Crippen LogP contribution in [0.2, 0.25) is 0 Å². The summed E-state index contributed by atoms with van der Waals surface area (Å²) < 4.78 is 32.1. The van der Waals surface area contributed by atoms with Gasteiger partial charge in [-0.3, -0.25) is 9.71 Å². The molecule has 0 saturated carbocycles. The number of amides is 1. The first-order valence-corrected chi connectivity index (χ1v) is 14.1. The fraction of sp³-hybridized carbons (Fsp3) is 0.250. The van der Waals surface area contributed by atoms with Crippen molar-refractivity contribution in [2.24, 2.45) is 10.7 Å². The number of nitrogens with zero attached hydrogens (tertiary/aromatic N) is 1. The van der Waals surface area contributed by atoms with Crippen LogP contribution < -0.4 is 15.8 Å². The smallest absolute Gasteiger partial charge is 0.407 e. The zero-order valence-electron chi connectivity index (χ0n) is 21.1. The van der Waals surface area contributed by atoms with Gasteiger partial charge in [0.25, 0.3) is 0 Å². The van der Waals surface area contributed by atoms with Crippen LogP contribution in [0.3, 0.4) is 0 Å². The number of aliphatic imine (C=N–C) groups is 1. The van der Waals surface area contributed by atoms with Gasteiger partial charge in [-0.2, -0.15) is 0 Å². The lowest BCUT2D eigenvalue weighted by Crippen LogP contribution is -2.41. The summed E-state index contributed by atoms with van der Waals surface area (Å²) in [5.41, 5.74) is 10.6. The first-order chi connectivity index (χ1) is 18.7. The number of carbonyl (C=O) groups excluding carboxylic acids is 1. The summed E-state index contributed by atoms with van der Waals surface area (Å²) >= 11 is 0. The SMILES string of the molecule is NC(=NCCC[C@H](NC(=O)OCC1c2ccccc2-c2ccccc21)C(=O)O)NS(=O)(=O)Cc1ccccc1. The summed E-state index contributed by atoms with van der Waals surface area (Å²) in [4.78, 5) is 28.1. The van der Waals surface area contributed by atoms with E-state index in [1.54, 1.807) is 30.3 Å². The summed E-state index contributed by atoms with van der Waals surface area (Å²) in [6.45, 7) is 0.131. The maximum atomic E-state index is 12.5. The Hall–Kier alpha value is -4.38. The minimum absolute atomic E-state index is 0.0487. The number of nitrogens with two attached hydrogens (primary N) is 1. The summed E-state index contributed by atoms with van der Waals surface area (Å²) in [5, 5.41) is 11.9. The number of carboxylic acid groups (broad SMARTS) is 1. The molecule has 0 radical (unpaired) electrons. The molecule has 0 saturated heterocycles. The molecular weight excluding hydrogens is 520 g/mol. The number of hydrogen-bond acceptors (Lipinski definition) is 6. The van der Waals surface area contributed by atoms with Crippen molar-refractivity contribution in [1.29, 1.82) is 0 Å². The van der Waals surface area contributed by atoms with Crippen molar-refractivity contribution in [2.75, 3.05) is 13.2 Å². The van der Waals surface area contributed by atoms with Crippen LogP contribution >= 0.6 is 0 Å². The van der Waals surface area contributed by atoms with Gasteiger partial charge in [0.05, 0.1) is 5.75 Å². The average Bonchev–Trinajstić information content (AvgIpc) is 3.22. The second-order valence-corrected chi connectivity index (χ2v) is 10.8. The molecule has 204 valence electrons. The van der Waals surface area contributed by atoms with E-state index in [9.17, 15) is 23.1 Å². The van der Waals surface area contributed by atoms with Gasteiger partial charge in [0.2, 0.25) is 16.0 Å². The van der Waals surface area contributed by atoms with Gasteiger partial charge in [-0.15, -0.1) is 0 Å². The second kappa shape index (κ2) is 12.4. The van der Waals surface area contributed by atoms with Crippen LogP contribution in [0.5, 0.6) is 0 Å². The summed E-state index contributed by atoms with van der Waals surface area (Å²) in [6.07, 6.45) is -0.546. The van der Waals surface area contributed by atoms with Crippen LogP contribution in [0.25, 0.3) is 11.1 Å². The zero-order chi connectivity index (χ0) is 27.8. The Bertz CT molecular complexity index is 1410. The number of aliphatic carboxylic acids is 1. The number of nitrogens with one attached hydrogen (secondary N) is 2. The van der Waals surface area contributed by atoms with E-state index >= 15 is 0 Å². The molecule has 1 atom stereocenters. The van der Waals surface area contributed by atoms with Crippen LogP contribution in [0, 0.1) is 0 Å². The molecule has 3 aromatic carbocycles. The number of carboxylic acids is 1. The van der Waals surface area contributed by atoms with E-state index in [2.05, 4.69) is 15.0 Å². The van der Waals surface area contributed by atoms with E-state index in [-0.39, 0.29) is 43.6 Å². The summed E-state index contributed by atoms with van der Waals surface area (Å²) in [7, 11) is -3.74. The fourth-order valence-corrected chi connectivity index (χ4v) is 5.64. The van der Waals surface area contributed by atoms with Gasteiger partial charge < -0.3 is 20.9 Å². The number of alkyl carbamates (subject to hydrolysis) is 1. The first-order valence-electron chi connectivity index (χ1n) is 12.4. The first kappa shape index (κ1) is 27.6. The fourth-order valence-electron chi connectivity index (χ4n) is 4.56. The average molecular weight is 551 g/mol. The molecule has 0 heterocycles. The molecule has 0 aromatic heterocycles. The van der Waals surface area contributed by atoms with E-state index in [1.807, 2.05) is 48.5 Å². The molecule has 1 aliphatic carbocycles. The maximum Gasteiger partial charge on any atom is 0.407 e. The molecule has 39 heavy (non-hydrogen) atoms. The Morgan fingerprint density at radius 1 is 0.949 bits per heavy atom. The number of hydrogen-bond donors (Lipinski definition) is 4. The third-order valence-corrected chi connectivity index (χ3v) is 7.56. The Kier molecular flexibility index (Phi) is 8.82. The number of ether oxygens (including phenoxy) is 1. The van der Waals surface area contributed by atoms with Crippen LogP contribution in [0.1, 0.15) is 35.4 Å². The number of benzene rings is 3. The van der Waals surface area contributed by atoms with Crippen LogP contribution in [0.15, 0.2) is 83.9 Å². The molecule has 0 fully saturated rings. The van der Waals surface area contributed by atoms with Gasteiger partial charge in [-0.1, -0.05) is 78.9 Å². The predicted octanol–water partition coefficient (Wildman–Crippen LogP) is 3.19. The van der Waals surface area contributed by atoms with Gasteiger partial charge in [0.15, 0.2) is 0 Å². The van der Waals surface area contributed by atoms with E-state index in [0.717, 1.165) is 22.3 Å². The van der Waals surface area contributed by atoms with E-state index < -0.39 is 28.1 Å². The molecule has 0 bridgehead atoms. The Balaban J connectivity index is 1.25. The highest BCUT2D eigenvalue weighted by Gasteiger charge is 2.29. The zero-order valence-corrected chi connectivity index (χ0v) is 21.9. The van der Waals surface area contributed by atoms with Crippen LogP contribution in [-0.4, -0.2) is 50.7 Å². The quantitative estimate of drug-likeness (QED) is 0.162. The third-order valence-electron chi connectivity index (χ3n) is 6.33. The topological polar surface area (TPSA) is 160 Å². The molecule has 1 aliphatic rings. The molecule has 4 rings (SSSR count). The molecule has 1 amide bonds. The highest BCUT2D eigenvalue weighted by Crippen LogP contribution is 2.44. The molecule has 11 heteroatoms. The van der Waals surface area contributed by atoms with Crippen molar-refractivity contribution in [1.82, 2.24) is 10.0 Å². The number of sulfonamides is 1. The van der Waals surface area contributed by atoms with Gasteiger partial charge in [0.1, 0.15) is 12.6 Å². The number of carbonyl (C=O) groups is 2. The standard InChI is InChI=1S/C28H30N4O6S/c29-27(32-39(36,37)18-19-9-2-1-3-10-19)30-16-8-15-25(26(33)34)31-28(35)38-17-24-22-13-6-4-11-20(22)21-12-5-7-14-23(21)24/h1-7,9-14,24-25H,8,15-18H2,(H,31,35)(H,33,34)(H3,29,30,32)/t25-/m0/s1. The van der Waals surface area contributed by atoms with E-state index in [1.165, 1.54) is 0 Å². The molecule has 0 spiro atoms. The van der Waals surface area contributed by atoms with E-state index in [4.69, 9.17) is 10.5 Å². The Morgan fingerprint density at radius 3 is 2.15 bits per heavy atom. The van der Waals surface area contributed by atoms with Gasteiger partial charge in [-0.25, -0.2) is 18.0 Å². The predicted molar refractivity (Wildman–Crippen MR) is 148 cm³/mol. The third kappa shape index (κ3) is 7.35. The van der Waals surface area contributed by atoms with Crippen molar-refractivity contribution < 1.29 is 27.9 Å². The summed E-state index contributed by atoms with van der Waals surface area (Å²) in [6, 6.07) is 23.2. The Morgan fingerprint density at radius 2 is 1.54 bits per heavy atom. The van der Waals surface area contributed by atoms with Crippen LogP contribution in [-0.2, 0) is 25.3 Å². The minimum Gasteiger partial charge on any atom is -0.480 e. The molecular formula is C28H30N4O6S. The van der Waals surface area contributed by atoms with Crippen molar-refractivity contribution >= 4 is 28.0 Å². The number of rotatable bonds is 11. The highest BCUT2D eigenvalue weighted by molar-refractivity contribution is 7.89. The molecule has 0 aliphatic heterocycles. The normalized spacial score (nSPS) is 13.7. The van der Waals surface area contributed by atoms with Crippen molar-refractivity contribution in [3.8, 4) is 11.1 Å². The number of fused-ring (bicyclic) bond motifs is 3. The lowest BCUT2D eigenvalue weighted by molar-refractivity contribution is -0.139. The van der Waals surface area contributed by atoms with Crippen molar-refractivity contribution in [3.05, 3.63) is 95.6 Å². The highest BCUT2D eigenvalue weighted by atomic mass is 32.2. The van der Waals surface area contributed by atoms with Crippen LogP contribution in [0.4, 0.5) is 4.79 Å².